The van der Waals surface area contributed by atoms with Gasteiger partial charge in [-0.25, -0.2) is 4.98 Å². The fourth-order valence-corrected chi connectivity index (χ4v) is 3.93. The van der Waals surface area contributed by atoms with E-state index in [0.29, 0.717) is 11.2 Å². The van der Waals surface area contributed by atoms with E-state index in [-0.39, 0.29) is 11.4 Å². The molecule has 1 unspecified atom stereocenters. The number of nitroso groups, excluding NO2 is 1. The Kier molecular flexibility index (Phi) is 3.56. The van der Waals surface area contributed by atoms with E-state index in [2.05, 4.69) is 15.5 Å². The maximum Gasteiger partial charge on any atom is 0.298 e. The minimum atomic E-state index is -0.607. The zero-order valence-corrected chi connectivity index (χ0v) is 14.9. The summed E-state index contributed by atoms with van der Waals surface area (Å²) in [6, 6.07) is 13.7. The average molecular weight is 386 g/mol. The lowest BCUT2D eigenvalue weighted by atomic mass is 9.96. The van der Waals surface area contributed by atoms with Gasteiger partial charge in [-0.1, -0.05) is 24.3 Å². The zero-order valence-electron chi connectivity index (χ0n) is 14.9. The first-order chi connectivity index (χ1) is 14.1. The molecule has 2 aromatic heterocycles. The summed E-state index contributed by atoms with van der Waals surface area (Å²) in [5.41, 5.74) is 4.34. The molecule has 1 aliphatic heterocycles. The van der Waals surface area contributed by atoms with Gasteiger partial charge in [0.15, 0.2) is 11.3 Å². The van der Waals surface area contributed by atoms with Gasteiger partial charge < -0.3 is 11.2 Å². The average Bonchev–Trinajstić information content (AvgIpc) is 3.00. The van der Waals surface area contributed by atoms with Crippen LogP contribution in [0.1, 0.15) is 17.2 Å². The lowest BCUT2D eigenvalue weighted by Crippen LogP contribution is -2.13. The number of nitrogens with zero attached hydrogens (tertiary/aromatic N) is 4. The highest BCUT2D eigenvalue weighted by Gasteiger charge is 2.28. The van der Waals surface area contributed by atoms with Crippen molar-refractivity contribution < 1.29 is 4.92 Å². The Labute approximate surface area is 163 Å². The number of benzene rings is 2. The SMILES string of the molecule is Nn1cc2c3c(ccnc31)-c1ccccc1NC2c1ccc(N=O)c([N+](=O)[O-])c1. The van der Waals surface area contributed by atoms with Crippen molar-refractivity contribution in [1.82, 2.24) is 9.66 Å². The number of nitrogens with one attached hydrogen (secondary N) is 1. The highest BCUT2D eigenvalue weighted by molar-refractivity contribution is 6.01. The predicted octanol–water partition coefficient (Wildman–Crippen LogP) is 4.24. The molecule has 0 fully saturated rings. The van der Waals surface area contributed by atoms with Gasteiger partial charge in [0, 0.05) is 40.7 Å². The Morgan fingerprint density at radius 3 is 2.79 bits per heavy atom. The summed E-state index contributed by atoms with van der Waals surface area (Å²) in [7, 11) is 0. The number of nitrogens with two attached hydrogens (primary N) is 1. The van der Waals surface area contributed by atoms with Crippen molar-refractivity contribution >= 4 is 28.1 Å². The van der Waals surface area contributed by atoms with E-state index in [1.54, 1.807) is 18.5 Å². The number of aromatic nitrogens is 2. The molecular formula is C20H14N6O3. The molecule has 2 aromatic carbocycles. The fraction of sp³-hybridized carbons (Fsp3) is 0.0500. The molecule has 29 heavy (non-hydrogen) atoms. The number of fused-ring (bicyclic) bond motifs is 2. The van der Waals surface area contributed by atoms with Gasteiger partial charge in [0.25, 0.3) is 5.69 Å². The van der Waals surface area contributed by atoms with Gasteiger partial charge in [0.2, 0.25) is 0 Å². The van der Waals surface area contributed by atoms with Gasteiger partial charge >= 0.3 is 0 Å². The molecule has 1 atom stereocenters. The number of rotatable bonds is 3. The maximum atomic E-state index is 11.4. The molecule has 3 N–H and O–H groups in total. The van der Waals surface area contributed by atoms with Gasteiger partial charge in [0.1, 0.15) is 0 Å². The maximum absolute atomic E-state index is 11.4. The summed E-state index contributed by atoms with van der Waals surface area (Å²) in [5, 5.41) is 18.5. The number of nitrogen functional groups attached to an aromatic ring is 1. The summed E-state index contributed by atoms with van der Waals surface area (Å²) in [5.74, 6) is 6.15. The van der Waals surface area contributed by atoms with Crippen LogP contribution in [-0.2, 0) is 0 Å². The number of para-hydroxylation sites is 1. The van der Waals surface area contributed by atoms with Crippen molar-refractivity contribution in [3.8, 4) is 11.1 Å². The van der Waals surface area contributed by atoms with Gasteiger partial charge in [0.05, 0.1) is 11.0 Å². The molecule has 1 aliphatic rings. The van der Waals surface area contributed by atoms with Crippen LogP contribution < -0.4 is 11.2 Å². The molecule has 0 saturated carbocycles. The smallest absolute Gasteiger partial charge is 0.298 e. The summed E-state index contributed by atoms with van der Waals surface area (Å²) in [4.78, 5) is 26.2. The molecule has 0 spiro atoms. The molecule has 0 radical (unpaired) electrons. The third-order valence-corrected chi connectivity index (χ3v) is 5.20. The van der Waals surface area contributed by atoms with Crippen LogP contribution in [0, 0.1) is 15.0 Å². The summed E-state index contributed by atoms with van der Waals surface area (Å²) >= 11 is 0. The molecule has 3 heterocycles. The molecule has 9 nitrogen and oxygen atoms in total. The van der Waals surface area contributed by atoms with Crippen molar-refractivity contribution in [1.29, 1.82) is 0 Å². The van der Waals surface area contributed by atoms with Gasteiger partial charge in [-0.3, -0.25) is 14.8 Å². The Hall–Kier alpha value is -4.27. The van der Waals surface area contributed by atoms with E-state index in [1.807, 2.05) is 30.3 Å². The van der Waals surface area contributed by atoms with Gasteiger partial charge in [-0.05, 0) is 34.5 Å². The van der Waals surface area contributed by atoms with Gasteiger partial charge in [-0.15, -0.1) is 4.91 Å². The number of pyridine rings is 1. The number of nitro benzene ring substituents is 1. The first kappa shape index (κ1) is 16.9. The molecular weight excluding hydrogens is 372 g/mol. The van der Waals surface area contributed by atoms with Crippen LogP contribution in [-0.4, -0.2) is 14.6 Å². The Balaban J connectivity index is 1.82. The van der Waals surface area contributed by atoms with E-state index in [9.17, 15) is 15.0 Å². The van der Waals surface area contributed by atoms with E-state index in [1.165, 1.54) is 16.8 Å². The van der Waals surface area contributed by atoms with E-state index >= 15 is 0 Å². The largest absolute Gasteiger partial charge is 0.374 e. The highest BCUT2D eigenvalue weighted by Crippen LogP contribution is 2.44. The number of hydrogen-bond acceptors (Lipinski definition) is 7. The molecule has 0 aliphatic carbocycles. The van der Waals surface area contributed by atoms with Crippen LogP contribution in [0.2, 0.25) is 0 Å². The summed E-state index contributed by atoms with van der Waals surface area (Å²) < 4.78 is 1.45. The van der Waals surface area contributed by atoms with Crippen LogP contribution in [0.25, 0.3) is 22.2 Å². The first-order valence-corrected chi connectivity index (χ1v) is 8.81. The van der Waals surface area contributed by atoms with E-state index < -0.39 is 11.0 Å². The van der Waals surface area contributed by atoms with Crippen LogP contribution >= 0.6 is 0 Å². The second-order valence-corrected chi connectivity index (χ2v) is 6.77. The topological polar surface area (TPSA) is 128 Å². The summed E-state index contributed by atoms with van der Waals surface area (Å²) in [6.45, 7) is 0. The van der Waals surface area contributed by atoms with Crippen molar-refractivity contribution in [2.24, 2.45) is 5.18 Å². The van der Waals surface area contributed by atoms with Gasteiger partial charge in [-0.2, -0.15) is 0 Å². The van der Waals surface area contributed by atoms with E-state index in [4.69, 9.17) is 5.84 Å². The Morgan fingerprint density at radius 1 is 1.17 bits per heavy atom. The standard InChI is InChI=1S/C20H14N6O3/c21-25-10-14-18-13(7-8-22-20(18)25)12-3-1-2-4-15(12)23-19(14)11-5-6-16(24-27)17(9-11)26(28)29/h1-10,19,23H,21H2. The second kappa shape index (κ2) is 6.13. The lowest BCUT2D eigenvalue weighted by Gasteiger charge is -2.19. The minimum Gasteiger partial charge on any atom is -0.374 e. The normalized spacial score (nSPS) is 14.7. The predicted molar refractivity (Wildman–Crippen MR) is 109 cm³/mol. The van der Waals surface area contributed by atoms with Crippen LogP contribution in [0.4, 0.5) is 17.1 Å². The molecule has 9 heteroatoms. The van der Waals surface area contributed by atoms with Crippen molar-refractivity contribution in [2.45, 2.75) is 6.04 Å². The Morgan fingerprint density at radius 2 is 2.00 bits per heavy atom. The molecule has 0 bridgehead atoms. The third-order valence-electron chi connectivity index (χ3n) is 5.20. The molecule has 0 saturated heterocycles. The number of anilines is 1. The lowest BCUT2D eigenvalue weighted by molar-refractivity contribution is -0.384. The monoisotopic (exact) mass is 386 g/mol. The first-order valence-electron chi connectivity index (χ1n) is 8.81. The Bertz CT molecular complexity index is 1310. The van der Waals surface area contributed by atoms with Crippen molar-refractivity contribution in [3.63, 3.8) is 0 Å². The molecule has 142 valence electrons. The van der Waals surface area contributed by atoms with Crippen molar-refractivity contribution in [3.05, 3.63) is 87.1 Å². The molecule has 0 amide bonds. The summed E-state index contributed by atoms with van der Waals surface area (Å²) in [6.07, 6.45) is 3.47. The fourth-order valence-electron chi connectivity index (χ4n) is 3.93. The molecule has 5 rings (SSSR count). The number of hydrogen-bond donors (Lipinski definition) is 2. The quantitative estimate of drug-likeness (QED) is 0.234. The van der Waals surface area contributed by atoms with Crippen molar-refractivity contribution in [2.75, 3.05) is 11.2 Å². The van der Waals surface area contributed by atoms with Crippen LogP contribution in [0.5, 0.6) is 0 Å². The number of nitro groups is 1. The second-order valence-electron chi connectivity index (χ2n) is 6.77. The minimum absolute atomic E-state index is 0.212. The molecule has 4 aromatic rings. The zero-order chi connectivity index (χ0) is 20.1. The van der Waals surface area contributed by atoms with Crippen LogP contribution in [0.3, 0.4) is 0 Å². The third kappa shape index (κ3) is 2.44. The van der Waals surface area contributed by atoms with Crippen LogP contribution in [0.15, 0.2) is 66.1 Å². The van der Waals surface area contributed by atoms with E-state index in [0.717, 1.165) is 27.8 Å². The highest BCUT2D eigenvalue weighted by atomic mass is 16.6.